The number of hydrogen-bond donors (Lipinski definition) is 0. The Hall–Kier alpha value is -2.86. The van der Waals surface area contributed by atoms with Gasteiger partial charge < -0.3 is 9.47 Å². The van der Waals surface area contributed by atoms with Gasteiger partial charge in [-0.3, -0.25) is 4.99 Å². The van der Waals surface area contributed by atoms with Crippen LogP contribution in [0.2, 0.25) is 5.02 Å². The summed E-state index contributed by atoms with van der Waals surface area (Å²) in [5.74, 6) is -0.0210. The summed E-state index contributed by atoms with van der Waals surface area (Å²) in [6.45, 7) is 0.361. The van der Waals surface area contributed by atoms with Crippen LogP contribution in [0.1, 0.15) is 33.6 Å². The summed E-state index contributed by atoms with van der Waals surface area (Å²) in [6.07, 6.45) is 3.42. The number of pyridine rings is 1. The molecular formula is C25H19Cl3N2O3. The first-order chi connectivity index (χ1) is 15.9. The first-order valence-electron chi connectivity index (χ1n) is 10.0. The molecule has 0 saturated heterocycles. The lowest BCUT2D eigenvalue weighted by Gasteiger charge is -2.32. The lowest BCUT2D eigenvalue weighted by atomic mass is 9.85. The molecule has 1 unspecified atom stereocenters. The number of aliphatic imine (C=N–C) groups is 1. The molecule has 0 spiro atoms. The van der Waals surface area contributed by atoms with Gasteiger partial charge in [-0.15, -0.1) is 11.6 Å². The quantitative estimate of drug-likeness (QED) is 0.285. The maximum Gasteiger partial charge on any atom is 0.356 e. The Morgan fingerprint density at radius 1 is 1.09 bits per heavy atom. The van der Waals surface area contributed by atoms with Crippen molar-refractivity contribution in [2.75, 3.05) is 7.11 Å². The zero-order chi connectivity index (χ0) is 23.4. The van der Waals surface area contributed by atoms with Crippen molar-refractivity contribution in [3.63, 3.8) is 0 Å². The molecule has 0 radical (unpaired) electrons. The summed E-state index contributed by atoms with van der Waals surface area (Å²) in [6, 6.07) is 18.5. The van der Waals surface area contributed by atoms with E-state index in [-0.39, 0.29) is 5.69 Å². The highest BCUT2D eigenvalue weighted by molar-refractivity contribution is 6.41. The molecule has 0 bridgehead atoms. The van der Waals surface area contributed by atoms with E-state index in [0.29, 0.717) is 40.1 Å². The number of esters is 1. The van der Waals surface area contributed by atoms with Crippen molar-refractivity contribution < 1.29 is 14.3 Å². The molecule has 2 aromatic carbocycles. The number of rotatable bonds is 6. The maximum absolute atomic E-state index is 11.7. The standard InChI is InChI=1S/C25H19Cl3N2O3/c1-32-24(31)21-10-7-17(13-29-21)23-25(28,12-19(26)14-30-23)18-8-9-20(27)22(11-18)33-15-16-5-3-2-4-6-16/h2-11,13-14H,12,15H2,1H3. The molecule has 4 rings (SSSR count). The molecule has 0 aliphatic carbocycles. The Balaban J connectivity index is 1.67. The van der Waals surface area contributed by atoms with Crippen LogP contribution in [0, 0.1) is 0 Å². The van der Waals surface area contributed by atoms with Gasteiger partial charge in [0.25, 0.3) is 0 Å². The van der Waals surface area contributed by atoms with Gasteiger partial charge in [-0.25, -0.2) is 9.78 Å². The van der Waals surface area contributed by atoms with Crippen LogP contribution in [0.3, 0.4) is 0 Å². The van der Waals surface area contributed by atoms with Crippen molar-refractivity contribution in [2.45, 2.75) is 17.9 Å². The largest absolute Gasteiger partial charge is 0.487 e. The van der Waals surface area contributed by atoms with Crippen molar-refractivity contribution in [2.24, 2.45) is 4.99 Å². The number of methoxy groups -OCH3 is 1. The normalized spacial score (nSPS) is 17.7. The van der Waals surface area contributed by atoms with Gasteiger partial charge in [0.2, 0.25) is 0 Å². The van der Waals surface area contributed by atoms with Crippen LogP contribution in [0.25, 0.3) is 0 Å². The minimum absolute atomic E-state index is 0.189. The Bertz CT molecular complexity index is 1230. The number of nitrogens with zero attached hydrogens (tertiary/aromatic N) is 2. The fourth-order valence-electron chi connectivity index (χ4n) is 3.50. The first-order valence-corrected chi connectivity index (χ1v) is 11.2. The van der Waals surface area contributed by atoms with E-state index in [9.17, 15) is 4.79 Å². The zero-order valence-electron chi connectivity index (χ0n) is 17.6. The molecule has 1 aliphatic heterocycles. The van der Waals surface area contributed by atoms with Crippen LogP contribution in [-0.4, -0.2) is 23.8 Å². The van der Waals surface area contributed by atoms with Crippen LogP contribution in [0.5, 0.6) is 5.75 Å². The van der Waals surface area contributed by atoms with Crippen molar-refractivity contribution in [3.05, 3.63) is 105 Å². The molecule has 8 heteroatoms. The summed E-state index contributed by atoms with van der Waals surface area (Å²) >= 11 is 19.9. The number of ether oxygens (including phenoxy) is 2. The Labute approximate surface area is 206 Å². The molecule has 168 valence electrons. The minimum Gasteiger partial charge on any atom is -0.487 e. The number of carbonyl (C=O) groups excluding carboxylic acids is 1. The average Bonchev–Trinajstić information content (AvgIpc) is 2.84. The Kier molecular flexibility index (Phi) is 7.03. The highest BCUT2D eigenvalue weighted by Gasteiger charge is 2.39. The third kappa shape index (κ3) is 5.06. The van der Waals surface area contributed by atoms with E-state index in [1.165, 1.54) is 13.3 Å². The van der Waals surface area contributed by atoms with Gasteiger partial charge in [0.1, 0.15) is 22.9 Å². The monoisotopic (exact) mass is 500 g/mol. The van der Waals surface area contributed by atoms with Crippen LogP contribution >= 0.6 is 34.8 Å². The van der Waals surface area contributed by atoms with Gasteiger partial charge in [0.15, 0.2) is 0 Å². The zero-order valence-corrected chi connectivity index (χ0v) is 19.9. The molecule has 1 aromatic heterocycles. The number of benzene rings is 2. The molecule has 0 fully saturated rings. The number of carbonyl (C=O) groups is 1. The van der Waals surface area contributed by atoms with Gasteiger partial charge in [-0.1, -0.05) is 59.6 Å². The second-order valence-corrected chi connectivity index (χ2v) is 8.91. The van der Waals surface area contributed by atoms with Crippen LogP contribution in [0.15, 0.2) is 83.1 Å². The minimum atomic E-state index is -1.09. The number of hydrogen-bond acceptors (Lipinski definition) is 5. The SMILES string of the molecule is COC(=O)c1ccc(C2=NC=C(Cl)CC2(Cl)c2ccc(Cl)c(OCc3ccccc3)c2)cn1. The van der Waals surface area contributed by atoms with Crippen molar-refractivity contribution in [1.29, 1.82) is 0 Å². The van der Waals surface area contributed by atoms with Gasteiger partial charge in [0, 0.05) is 29.4 Å². The molecule has 0 saturated carbocycles. The topological polar surface area (TPSA) is 60.8 Å². The molecule has 1 atom stereocenters. The average molecular weight is 502 g/mol. The van der Waals surface area contributed by atoms with E-state index in [0.717, 1.165) is 11.1 Å². The third-order valence-electron chi connectivity index (χ3n) is 5.18. The maximum atomic E-state index is 11.7. The smallest absolute Gasteiger partial charge is 0.356 e. The lowest BCUT2D eigenvalue weighted by Crippen LogP contribution is -2.33. The molecule has 2 heterocycles. The lowest BCUT2D eigenvalue weighted by molar-refractivity contribution is 0.0594. The number of aromatic nitrogens is 1. The van der Waals surface area contributed by atoms with E-state index >= 15 is 0 Å². The highest BCUT2D eigenvalue weighted by Crippen LogP contribution is 2.44. The van der Waals surface area contributed by atoms with Gasteiger partial charge in [-0.2, -0.15) is 0 Å². The van der Waals surface area contributed by atoms with Crippen molar-refractivity contribution in [3.8, 4) is 5.75 Å². The number of allylic oxidation sites excluding steroid dienone is 1. The highest BCUT2D eigenvalue weighted by atomic mass is 35.5. The third-order valence-corrected chi connectivity index (χ3v) is 6.25. The van der Waals surface area contributed by atoms with E-state index in [4.69, 9.17) is 44.3 Å². The van der Waals surface area contributed by atoms with Gasteiger partial charge in [-0.05, 0) is 35.4 Å². The summed E-state index contributed by atoms with van der Waals surface area (Å²) in [5, 5.41) is 0.976. The van der Waals surface area contributed by atoms with Crippen molar-refractivity contribution >= 4 is 46.5 Å². The van der Waals surface area contributed by atoms with E-state index in [1.807, 2.05) is 36.4 Å². The number of alkyl halides is 1. The molecule has 5 nitrogen and oxygen atoms in total. The molecule has 0 amide bonds. The first kappa shape index (κ1) is 23.3. The molecule has 33 heavy (non-hydrogen) atoms. The summed E-state index contributed by atoms with van der Waals surface area (Å²) < 4.78 is 10.7. The molecule has 3 aromatic rings. The molecule has 1 aliphatic rings. The summed E-state index contributed by atoms with van der Waals surface area (Å²) in [5.41, 5.74) is 3.13. The number of halogens is 3. The summed E-state index contributed by atoms with van der Waals surface area (Å²) in [4.78, 5) is 19.3. The van der Waals surface area contributed by atoms with Gasteiger partial charge in [0.05, 0.1) is 17.8 Å². The van der Waals surface area contributed by atoms with Gasteiger partial charge >= 0.3 is 5.97 Å². The fraction of sp³-hybridized carbons (Fsp3) is 0.160. The van der Waals surface area contributed by atoms with Crippen LogP contribution in [0.4, 0.5) is 0 Å². The Morgan fingerprint density at radius 3 is 2.58 bits per heavy atom. The Morgan fingerprint density at radius 2 is 1.88 bits per heavy atom. The van der Waals surface area contributed by atoms with Crippen molar-refractivity contribution in [1.82, 2.24) is 4.98 Å². The summed E-state index contributed by atoms with van der Waals surface area (Å²) in [7, 11) is 1.30. The second-order valence-electron chi connectivity index (χ2n) is 7.37. The second kappa shape index (κ2) is 9.96. The van der Waals surface area contributed by atoms with Crippen LogP contribution < -0.4 is 4.74 Å². The van der Waals surface area contributed by atoms with Crippen LogP contribution in [-0.2, 0) is 16.2 Å². The molecular weight excluding hydrogens is 483 g/mol. The fourth-order valence-corrected chi connectivity index (χ4v) is 4.41. The van der Waals surface area contributed by atoms with E-state index < -0.39 is 10.8 Å². The predicted octanol–water partition coefficient (Wildman–Crippen LogP) is 6.51. The van der Waals surface area contributed by atoms with E-state index in [1.54, 1.807) is 30.5 Å². The molecule has 0 N–H and O–H groups in total. The predicted molar refractivity (Wildman–Crippen MR) is 130 cm³/mol. The van der Waals surface area contributed by atoms with E-state index in [2.05, 4.69) is 9.98 Å².